The summed E-state index contributed by atoms with van der Waals surface area (Å²) in [7, 11) is -2.06. The van der Waals surface area contributed by atoms with Gasteiger partial charge in [-0.3, -0.25) is 4.98 Å². The number of imidazole rings is 1. The second kappa shape index (κ2) is 14.7. The molecular formula is C44H41IrN3OSi-2. The van der Waals surface area contributed by atoms with Crippen LogP contribution in [0.1, 0.15) is 32.0 Å². The van der Waals surface area contributed by atoms with Crippen LogP contribution in [0, 0.1) is 24.9 Å². The van der Waals surface area contributed by atoms with E-state index in [9.17, 15) is 0 Å². The second-order valence-corrected chi connectivity index (χ2v) is 18.4. The Morgan fingerprint density at radius 1 is 0.820 bits per heavy atom. The number of hydrogen-bond acceptors (Lipinski definition) is 3. The van der Waals surface area contributed by atoms with Gasteiger partial charge in [0, 0.05) is 43.7 Å². The van der Waals surface area contributed by atoms with Gasteiger partial charge >= 0.3 is 0 Å². The SMILES string of the molecule is [2H]C([2H])([2H])c1nc(-c2[c-]cccc2)c(C([2H])([2H])C(C)C)cc1[Si](C)(C)C.[Ir].[c-]1ccc2c(oc3ccccc32)c1-c1nc2ccccc2n1-c1ccccc1. The number of benzene rings is 5. The molecule has 4 nitrogen and oxygen atoms in total. The maximum absolute atomic E-state index is 8.63. The van der Waals surface area contributed by atoms with Gasteiger partial charge in [0.05, 0.1) is 30.5 Å². The van der Waals surface area contributed by atoms with Crippen molar-refractivity contribution in [2.45, 2.75) is 46.7 Å². The fourth-order valence-electron chi connectivity index (χ4n) is 6.14. The Labute approximate surface area is 316 Å². The average Bonchev–Trinajstić information content (AvgIpc) is 3.73. The van der Waals surface area contributed by atoms with Crippen LogP contribution in [0.5, 0.6) is 0 Å². The van der Waals surface area contributed by atoms with Crippen molar-refractivity contribution in [3.63, 3.8) is 0 Å². The van der Waals surface area contributed by atoms with Gasteiger partial charge < -0.3 is 14.0 Å². The zero-order valence-electron chi connectivity index (χ0n) is 33.7. The number of fused-ring (bicyclic) bond motifs is 4. The van der Waals surface area contributed by atoms with E-state index in [2.05, 4.69) is 71.7 Å². The predicted molar refractivity (Wildman–Crippen MR) is 207 cm³/mol. The Kier molecular flexibility index (Phi) is 8.57. The van der Waals surface area contributed by atoms with Crippen molar-refractivity contribution in [1.29, 1.82) is 0 Å². The average molecular weight is 853 g/mol. The number of hydrogen-bond donors (Lipinski definition) is 0. The molecule has 3 heterocycles. The van der Waals surface area contributed by atoms with Crippen LogP contribution < -0.4 is 5.19 Å². The molecule has 0 amide bonds. The van der Waals surface area contributed by atoms with Crippen LogP contribution in [0.3, 0.4) is 0 Å². The third-order valence-electron chi connectivity index (χ3n) is 8.38. The molecule has 0 fully saturated rings. The van der Waals surface area contributed by atoms with Crippen LogP contribution in [0.25, 0.3) is 61.3 Å². The minimum Gasteiger partial charge on any atom is -0.501 e. The summed E-state index contributed by atoms with van der Waals surface area (Å²) in [5.41, 5.74) is 7.15. The van der Waals surface area contributed by atoms with Crippen molar-refractivity contribution in [3.8, 4) is 28.3 Å². The molecular weight excluding hydrogens is 807 g/mol. The van der Waals surface area contributed by atoms with Crippen LogP contribution in [-0.4, -0.2) is 22.6 Å². The van der Waals surface area contributed by atoms with Gasteiger partial charge in [0.2, 0.25) is 0 Å². The molecule has 0 aliphatic rings. The summed E-state index contributed by atoms with van der Waals surface area (Å²) in [5, 5.41) is 2.88. The van der Waals surface area contributed by atoms with E-state index in [1.807, 2.05) is 86.6 Å². The van der Waals surface area contributed by atoms with Crippen LogP contribution in [0.4, 0.5) is 0 Å². The summed E-state index contributed by atoms with van der Waals surface area (Å²) in [6.45, 7) is 7.48. The van der Waals surface area contributed by atoms with Gasteiger partial charge in [0.15, 0.2) is 0 Å². The van der Waals surface area contributed by atoms with Crippen LogP contribution in [-0.2, 0) is 26.5 Å². The zero-order chi connectivity index (χ0) is 38.4. The number of para-hydroxylation sites is 4. The quantitative estimate of drug-likeness (QED) is 0.124. The van der Waals surface area contributed by atoms with Gasteiger partial charge in [-0.05, 0) is 60.4 Å². The smallest absolute Gasteiger partial charge is 0.120 e. The van der Waals surface area contributed by atoms with E-state index in [1.54, 1.807) is 18.2 Å². The van der Waals surface area contributed by atoms with Crippen molar-refractivity contribution in [2.75, 3.05) is 0 Å². The molecule has 0 saturated heterocycles. The molecule has 0 atom stereocenters. The van der Waals surface area contributed by atoms with E-state index in [1.165, 1.54) is 0 Å². The Balaban J connectivity index is 0.000000185. The molecule has 0 bridgehead atoms. The first kappa shape index (κ1) is 29.1. The summed E-state index contributed by atoms with van der Waals surface area (Å²) in [5.74, 6) is 0.553. The van der Waals surface area contributed by atoms with Crippen LogP contribution >= 0.6 is 0 Å². The van der Waals surface area contributed by atoms with E-state index in [0.29, 0.717) is 22.0 Å². The monoisotopic (exact) mass is 853 g/mol. The van der Waals surface area contributed by atoms with Crippen molar-refractivity contribution >= 4 is 46.2 Å². The van der Waals surface area contributed by atoms with E-state index >= 15 is 0 Å². The second-order valence-electron chi connectivity index (χ2n) is 13.4. The van der Waals surface area contributed by atoms with Gasteiger partial charge in [0.1, 0.15) is 5.58 Å². The normalized spacial score (nSPS) is 13.5. The number of aryl methyl sites for hydroxylation is 1. The predicted octanol–water partition coefficient (Wildman–Crippen LogP) is 11.0. The summed E-state index contributed by atoms with van der Waals surface area (Å²) in [6, 6.07) is 46.0. The van der Waals surface area contributed by atoms with E-state index in [-0.39, 0.29) is 31.7 Å². The summed E-state index contributed by atoms with van der Waals surface area (Å²) in [4.78, 5) is 9.48. The van der Waals surface area contributed by atoms with Crippen molar-refractivity contribution in [1.82, 2.24) is 14.5 Å². The number of furan rings is 1. The zero-order valence-corrected chi connectivity index (χ0v) is 32.1. The molecule has 8 rings (SSSR count). The van der Waals surface area contributed by atoms with Gasteiger partial charge in [0.25, 0.3) is 0 Å². The molecule has 253 valence electrons. The Bertz CT molecular complexity index is 2600. The third-order valence-corrected chi connectivity index (χ3v) is 10.4. The molecule has 0 unspecified atom stereocenters. The van der Waals surface area contributed by atoms with Crippen molar-refractivity contribution in [2.24, 2.45) is 5.92 Å². The largest absolute Gasteiger partial charge is 0.501 e. The fraction of sp³-hybridized carbons (Fsp3) is 0.182. The molecule has 0 saturated carbocycles. The van der Waals surface area contributed by atoms with Crippen molar-refractivity contribution < 1.29 is 31.4 Å². The number of nitrogens with zero attached hydrogens (tertiary/aromatic N) is 3. The van der Waals surface area contributed by atoms with E-state index in [4.69, 9.17) is 16.3 Å². The minimum absolute atomic E-state index is 0. The maximum Gasteiger partial charge on any atom is 0.120 e. The molecule has 50 heavy (non-hydrogen) atoms. The molecule has 0 N–H and O–H groups in total. The Morgan fingerprint density at radius 2 is 1.56 bits per heavy atom. The first-order valence-electron chi connectivity index (χ1n) is 19.0. The number of pyridine rings is 1. The molecule has 0 spiro atoms. The fourth-order valence-corrected chi connectivity index (χ4v) is 7.48. The van der Waals surface area contributed by atoms with Gasteiger partial charge in [-0.15, -0.1) is 54.1 Å². The van der Waals surface area contributed by atoms with Gasteiger partial charge in [-0.1, -0.05) is 105 Å². The summed E-state index contributed by atoms with van der Waals surface area (Å²) < 4.78 is 49.5. The van der Waals surface area contributed by atoms with E-state index in [0.717, 1.165) is 50.0 Å². The topological polar surface area (TPSA) is 43.9 Å². The molecule has 3 aromatic heterocycles. The Hall–Kier alpha value is -4.61. The Morgan fingerprint density at radius 3 is 2.30 bits per heavy atom. The molecule has 6 heteroatoms. The first-order valence-corrected chi connectivity index (χ1v) is 20.0. The third kappa shape index (κ3) is 7.02. The molecule has 5 aromatic carbocycles. The van der Waals surface area contributed by atoms with E-state index < -0.39 is 21.3 Å². The van der Waals surface area contributed by atoms with Crippen LogP contribution in [0.2, 0.25) is 19.6 Å². The molecule has 1 radical (unpaired) electrons. The molecule has 0 aliphatic carbocycles. The molecule has 0 aliphatic heterocycles. The number of aromatic nitrogens is 3. The maximum atomic E-state index is 8.63. The van der Waals surface area contributed by atoms with Crippen molar-refractivity contribution in [3.05, 3.63) is 145 Å². The van der Waals surface area contributed by atoms with Gasteiger partial charge in [-0.2, -0.15) is 0 Å². The number of rotatable bonds is 6. The summed E-state index contributed by atoms with van der Waals surface area (Å²) >= 11 is 0. The standard InChI is InChI=1S/C25H15N2O.C19H26NSi.Ir/c1-2-9-17(10-3-1)27-22-15-6-5-14-21(22)26-25(27)20-13-8-12-19-18-11-4-7-16-23(18)28-24(19)20;1-14(2)12-17-13-18(21(4,5)6)15(3)20-19(17)16-10-8-7-9-11-16;/h1-12,14-16H;7-10,13-14H,12H2,1-6H3;/q2*-1;/i;3D3,12D2;. The minimum atomic E-state index is -2.35. The molecule has 8 aromatic rings. The van der Waals surface area contributed by atoms with Gasteiger partial charge in [-0.25, -0.2) is 0 Å². The van der Waals surface area contributed by atoms with Crippen LogP contribution in [0.15, 0.2) is 126 Å². The summed E-state index contributed by atoms with van der Waals surface area (Å²) in [6.07, 6.45) is -1.63. The first-order chi connectivity index (χ1) is 25.7.